The lowest BCUT2D eigenvalue weighted by Crippen LogP contribution is -2.24. The fourth-order valence-electron chi connectivity index (χ4n) is 3.96. The predicted molar refractivity (Wildman–Crippen MR) is 139 cm³/mol. The molecule has 0 saturated heterocycles. The molecule has 1 aromatic heterocycles. The van der Waals surface area contributed by atoms with E-state index in [1.807, 2.05) is 6.92 Å². The topological polar surface area (TPSA) is 88.6 Å². The summed E-state index contributed by atoms with van der Waals surface area (Å²) in [6, 6.07) is 11.4. The Bertz CT molecular complexity index is 1460. The number of methoxy groups -OCH3 is 1. The highest BCUT2D eigenvalue weighted by Gasteiger charge is 2.38. The number of hydrogen-bond donors (Lipinski definition) is 1. The quantitative estimate of drug-likeness (QED) is 0.469. The molecule has 0 aliphatic carbocycles. The van der Waals surface area contributed by atoms with E-state index in [0.717, 1.165) is 11.1 Å². The molecule has 1 aliphatic heterocycles. The lowest BCUT2D eigenvalue weighted by molar-refractivity contribution is 0.101. The number of rotatable bonds is 5. The van der Waals surface area contributed by atoms with Gasteiger partial charge in [-0.05, 0) is 53.8 Å². The number of sulfonamides is 1. The van der Waals surface area contributed by atoms with Crippen molar-refractivity contribution in [3.8, 4) is 5.88 Å². The summed E-state index contributed by atoms with van der Waals surface area (Å²) in [5, 5.41) is 0.276. The van der Waals surface area contributed by atoms with Crippen LogP contribution in [-0.4, -0.2) is 26.4 Å². The molecule has 2 heterocycles. The summed E-state index contributed by atoms with van der Waals surface area (Å²) >= 11 is 6.44. The Balaban J connectivity index is 1.77. The van der Waals surface area contributed by atoms with Gasteiger partial charge in [0.25, 0.3) is 15.9 Å². The molecule has 0 unspecified atom stereocenters. The standard InChI is InChI=1S/C26H26ClN3O4S/c1-15-13-21(24(34-6)28-14-15)30-16(2)22-19(27)11-12-20(23(22)25(30)31)29-35(32,33)18-9-7-17(8-10-18)26(3,4)5/h7-14,29H,2H2,1,3-6H3. The van der Waals surface area contributed by atoms with E-state index in [4.69, 9.17) is 16.3 Å². The number of aromatic nitrogens is 1. The van der Waals surface area contributed by atoms with Crippen LogP contribution in [0.5, 0.6) is 5.88 Å². The van der Waals surface area contributed by atoms with Gasteiger partial charge in [-0.2, -0.15) is 0 Å². The van der Waals surface area contributed by atoms with Gasteiger partial charge in [0.05, 0.1) is 34.0 Å². The SMILES string of the molecule is C=C1c2c(Cl)ccc(NS(=O)(=O)c3ccc(C(C)(C)C)cc3)c2C(=O)N1c1cc(C)cnc1OC. The molecule has 4 rings (SSSR count). The Morgan fingerprint density at radius 3 is 2.34 bits per heavy atom. The first kappa shape index (κ1) is 24.8. The number of fused-ring (bicyclic) bond motifs is 1. The van der Waals surface area contributed by atoms with Crippen LogP contribution in [0.15, 0.2) is 60.1 Å². The predicted octanol–water partition coefficient (Wildman–Crippen LogP) is 5.78. The fraction of sp³-hybridized carbons (Fsp3) is 0.231. The van der Waals surface area contributed by atoms with Gasteiger partial charge in [-0.3, -0.25) is 14.4 Å². The minimum atomic E-state index is -3.98. The third-order valence-corrected chi connectivity index (χ3v) is 7.50. The van der Waals surface area contributed by atoms with Crippen LogP contribution in [0.4, 0.5) is 11.4 Å². The summed E-state index contributed by atoms with van der Waals surface area (Å²) in [5.74, 6) is -0.255. The average molecular weight is 512 g/mol. The van der Waals surface area contributed by atoms with E-state index < -0.39 is 15.9 Å². The van der Waals surface area contributed by atoms with Crippen molar-refractivity contribution in [1.82, 2.24) is 4.98 Å². The van der Waals surface area contributed by atoms with E-state index in [2.05, 4.69) is 37.1 Å². The summed E-state index contributed by atoms with van der Waals surface area (Å²) in [6.07, 6.45) is 1.62. The summed E-state index contributed by atoms with van der Waals surface area (Å²) in [4.78, 5) is 19.3. The highest BCUT2D eigenvalue weighted by molar-refractivity contribution is 7.92. The monoisotopic (exact) mass is 511 g/mol. The molecule has 0 bridgehead atoms. The van der Waals surface area contributed by atoms with Gasteiger partial charge in [0.2, 0.25) is 5.88 Å². The zero-order chi connectivity index (χ0) is 25.7. The minimum Gasteiger partial charge on any atom is -0.480 e. The number of nitrogens with one attached hydrogen (secondary N) is 1. The van der Waals surface area contributed by atoms with Gasteiger partial charge in [-0.25, -0.2) is 13.4 Å². The van der Waals surface area contributed by atoms with Crippen LogP contribution in [0.2, 0.25) is 5.02 Å². The van der Waals surface area contributed by atoms with Crippen LogP contribution >= 0.6 is 11.6 Å². The van der Waals surface area contributed by atoms with Gasteiger partial charge >= 0.3 is 0 Å². The number of anilines is 2. The Hall–Kier alpha value is -3.36. The summed E-state index contributed by atoms with van der Waals surface area (Å²) < 4.78 is 34.3. The first-order valence-corrected chi connectivity index (χ1v) is 12.7. The molecule has 7 nitrogen and oxygen atoms in total. The van der Waals surface area contributed by atoms with E-state index in [9.17, 15) is 13.2 Å². The molecule has 35 heavy (non-hydrogen) atoms. The van der Waals surface area contributed by atoms with Gasteiger partial charge < -0.3 is 4.74 Å². The van der Waals surface area contributed by atoms with Crippen LogP contribution in [0.25, 0.3) is 5.70 Å². The lowest BCUT2D eigenvalue weighted by Gasteiger charge is -2.20. The molecule has 1 N–H and O–H groups in total. The van der Waals surface area contributed by atoms with E-state index >= 15 is 0 Å². The third kappa shape index (κ3) is 4.39. The number of carbonyl (C=O) groups is 1. The molecule has 3 aromatic rings. The number of carbonyl (C=O) groups excluding carboxylic acids is 1. The zero-order valence-corrected chi connectivity index (χ0v) is 21.7. The van der Waals surface area contributed by atoms with Crippen molar-refractivity contribution in [3.05, 3.63) is 82.5 Å². The molecule has 0 spiro atoms. The van der Waals surface area contributed by atoms with Crippen molar-refractivity contribution in [1.29, 1.82) is 0 Å². The number of aryl methyl sites for hydroxylation is 1. The van der Waals surface area contributed by atoms with Gasteiger partial charge in [-0.15, -0.1) is 0 Å². The van der Waals surface area contributed by atoms with Crippen molar-refractivity contribution in [2.45, 2.75) is 38.0 Å². The van der Waals surface area contributed by atoms with Crippen LogP contribution in [-0.2, 0) is 15.4 Å². The highest BCUT2D eigenvalue weighted by Crippen LogP contribution is 2.45. The number of pyridine rings is 1. The van der Waals surface area contributed by atoms with Crippen LogP contribution in [0.3, 0.4) is 0 Å². The van der Waals surface area contributed by atoms with Crippen molar-refractivity contribution in [2.75, 3.05) is 16.7 Å². The van der Waals surface area contributed by atoms with Crippen molar-refractivity contribution < 1.29 is 17.9 Å². The van der Waals surface area contributed by atoms with Crippen molar-refractivity contribution in [3.63, 3.8) is 0 Å². The largest absolute Gasteiger partial charge is 0.480 e. The smallest absolute Gasteiger partial charge is 0.265 e. The molecule has 0 radical (unpaired) electrons. The molecule has 2 aromatic carbocycles. The van der Waals surface area contributed by atoms with Crippen LogP contribution in [0, 0.1) is 6.92 Å². The number of amides is 1. The second kappa shape index (κ2) is 8.70. The summed E-state index contributed by atoms with van der Waals surface area (Å²) in [6.45, 7) is 12.0. The number of benzene rings is 2. The van der Waals surface area contributed by atoms with Gasteiger partial charge in [-0.1, -0.05) is 51.1 Å². The molecule has 1 amide bonds. The fourth-order valence-corrected chi connectivity index (χ4v) is 5.30. The van der Waals surface area contributed by atoms with E-state index in [1.165, 1.54) is 24.1 Å². The molecule has 9 heteroatoms. The van der Waals surface area contributed by atoms with Crippen molar-refractivity contribution in [2.24, 2.45) is 0 Å². The normalized spacial score (nSPS) is 13.7. The van der Waals surface area contributed by atoms with Gasteiger partial charge in [0.1, 0.15) is 5.69 Å². The van der Waals surface area contributed by atoms with Gasteiger partial charge in [0.15, 0.2) is 0 Å². The number of hydrogen-bond acceptors (Lipinski definition) is 5. The van der Waals surface area contributed by atoms with E-state index in [-0.39, 0.29) is 32.5 Å². The Labute approximate surface area is 210 Å². The Morgan fingerprint density at radius 1 is 1.09 bits per heavy atom. The molecule has 0 fully saturated rings. The number of nitrogens with zero attached hydrogens (tertiary/aromatic N) is 2. The molecular formula is C26H26ClN3O4S. The second-order valence-electron chi connectivity index (χ2n) is 9.35. The summed E-state index contributed by atoms with van der Waals surface area (Å²) in [5.41, 5.74) is 2.96. The molecular weight excluding hydrogens is 486 g/mol. The number of halogens is 1. The van der Waals surface area contributed by atoms with Crippen LogP contribution < -0.4 is 14.4 Å². The molecule has 182 valence electrons. The van der Waals surface area contributed by atoms with Crippen molar-refractivity contribution >= 4 is 44.6 Å². The molecule has 0 saturated carbocycles. The van der Waals surface area contributed by atoms with Gasteiger partial charge in [0, 0.05) is 11.8 Å². The van der Waals surface area contributed by atoms with E-state index in [1.54, 1.807) is 36.5 Å². The second-order valence-corrected chi connectivity index (χ2v) is 11.4. The maximum Gasteiger partial charge on any atom is 0.265 e. The molecule has 0 atom stereocenters. The highest BCUT2D eigenvalue weighted by atomic mass is 35.5. The van der Waals surface area contributed by atoms with E-state index in [0.29, 0.717) is 16.9 Å². The average Bonchev–Trinajstić information content (AvgIpc) is 3.06. The maximum atomic E-state index is 13.6. The first-order valence-electron chi connectivity index (χ1n) is 10.9. The first-order chi connectivity index (χ1) is 16.3. The summed E-state index contributed by atoms with van der Waals surface area (Å²) in [7, 11) is -2.53. The Kier molecular flexibility index (Phi) is 6.15. The molecule has 1 aliphatic rings. The maximum absolute atomic E-state index is 13.6. The minimum absolute atomic E-state index is 0.0832. The zero-order valence-electron chi connectivity index (χ0n) is 20.1. The lowest BCUT2D eigenvalue weighted by atomic mass is 9.87. The van der Waals surface area contributed by atoms with Crippen LogP contribution in [0.1, 0.15) is 47.8 Å². The third-order valence-electron chi connectivity index (χ3n) is 5.81. The Morgan fingerprint density at radius 2 is 1.74 bits per heavy atom. The number of ether oxygens (including phenoxy) is 1.